The van der Waals surface area contributed by atoms with Gasteiger partial charge in [0.25, 0.3) is 0 Å². The summed E-state index contributed by atoms with van der Waals surface area (Å²) in [5.41, 5.74) is 1.78. The Balaban J connectivity index is 1.63. The number of hydrogen-bond acceptors (Lipinski definition) is 3. The Morgan fingerprint density at radius 3 is 3.00 bits per heavy atom. The minimum absolute atomic E-state index is 0.178. The standard InChI is InChI=1S/C17H26N2O3/c1-13-8-9-14(12-16(13)21-2)19-17(20)18-10-4-3-6-15-7-5-11-22-15/h8-9,12,15H,3-7,10-11H2,1-2H3,(H2,18,19,20)/t15-/m0/s1. The van der Waals surface area contributed by atoms with Crippen molar-refractivity contribution in [2.75, 3.05) is 25.6 Å². The number of methoxy groups -OCH3 is 1. The number of ether oxygens (including phenoxy) is 2. The van der Waals surface area contributed by atoms with Crippen LogP contribution in [0.5, 0.6) is 5.75 Å². The molecule has 0 radical (unpaired) electrons. The van der Waals surface area contributed by atoms with E-state index in [9.17, 15) is 4.79 Å². The van der Waals surface area contributed by atoms with E-state index in [-0.39, 0.29) is 6.03 Å². The number of rotatable bonds is 7. The van der Waals surface area contributed by atoms with E-state index in [2.05, 4.69) is 10.6 Å². The lowest BCUT2D eigenvalue weighted by atomic mass is 10.1. The summed E-state index contributed by atoms with van der Waals surface area (Å²) < 4.78 is 10.8. The first kappa shape index (κ1) is 16.6. The van der Waals surface area contributed by atoms with Crippen molar-refractivity contribution in [3.05, 3.63) is 23.8 Å². The van der Waals surface area contributed by atoms with Crippen LogP contribution in [0.3, 0.4) is 0 Å². The van der Waals surface area contributed by atoms with Crippen molar-refractivity contribution in [2.24, 2.45) is 0 Å². The van der Waals surface area contributed by atoms with Crippen LogP contribution in [0.15, 0.2) is 18.2 Å². The summed E-state index contributed by atoms with van der Waals surface area (Å²) in [6, 6.07) is 5.44. The van der Waals surface area contributed by atoms with Crippen LogP contribution in [-0.2, 0) is 4.74 Å². The number of amides is 2. The summed E-state index contributed by atoms with van der Waals surface area (Å²) in [4.78, 5) is 11.8. The van der Waals surface area contributed by atoms with E-state index >= 15 is 0 Å². The summed E-state index contributed by atoms with van der Waals surface area (Å²) in [5.74, 6) is 0.773. The van der Waals surface area contributed by atoms with Crippen LogP contribution in [0, 0.1) is 6.92 Å². The number of hydrogen-bond donors (Lipinski definition) is 2. The summed E-state index contributed by atoms with van der Waals surface area (Å²) >= 11 is 0. The van der Waals surface area contributed by atoms with Gasteiger partial charge in [-0.25, -0.2) is 4.79 Å². The van der Waals surface area contributed by atoms with Crippen LogP contribution in [0.25, 0.3) is 0 Å². The quantitative estimate of drug-likeness (QED) is 0.758. The van der Waals surface area contributed by atoms with Gasteiger partial charge in [0, 0.05) is 24.9 Å². The van der Waals surface area contributed by atoms with Gasteiger partial charge < -0.3 is 20.1 Å². The maximum atomic E-state index is 11.8. The Morgan fingerprint density at radius 1 is 1.41 bits per heavy atom. The van der Waals surface area contributed by atoms with Crippen molar-refractivity contribution in [1.82, 2.24) is 5.32 Å². The Kier molecular flexibility index (Phi) is 6.52. The average Bonchev–Trinajstić information content (AvgIpc) is 3.02. The molecule has 122 valence electrons. The predicted molar refractivity (Wildman–Crippen MR) is 87.6 cm³/mol. The molecule has 1 aliphatic heterocycles. The normalized spacial score (nSPS) is 17.3. The van der Waals surface area contributed by atoms with E-state index in [0.29, 0.717) is 12.6 Å². The highest BCUT2D eigenvalue weighted by molar-refractivity contribution is 5.89. The Morgan fingerprint density at radius 2 is 2.27 bits per heavy atom. The number of urea groups is 1. The van der Waals surface area contributed by atoms with Crippen LogP contribution in [0.1, 0.15) is 37.7 Å². The molecule has 1 aromatic carbocycles. The van der Waals surface area contributed by atoms with Crippen molar-refractivity contribution < 1.29 is 14.3 Å². The van der Waals surface area contributed by atoms with Crippen LogP contribution < -0.4 is 15.4 Å². The molecule has 1 aromatic rings. The highest BCUT2D eigenvalue weighted by Crippen LogP contribution is 2.22. The van der Waals surface area contributed by atoms with Crippen LogP contribution in [0.2, 0.25) is 0 Å². The van der Waals surface area contributed by atoms with Gasteiger partial charge in [-0.15, -0.1) is 0 Å². The first-order valence-electron chi connectivity index (χ1n) is 8.00. The predicted octanol–water partition coefficient (Wildman–Crippen LogP) is 3.47. The fourth-order valence-electron chi connectivity index (χ4n) is 2.64. The number of benzene rings is 1. The fraction of sp³-hybridized carbons (Fsp3) is 0.588. The van der Waals surface area contributed by atoms with Gasteiger partial charge in [0.15, 0.2) is 0 Å². The Bertz CT molecular complexity index is 485. The largest absolute Gasteiger partial charge is 0.496 e. The molecule has 0 aliphatic carbocycles. The van der Waals surface area contributed by atoms with Gasteiger partial charge in [0.2, 0.25) is 0 Å². The summed E-state index contributed by atoms with van der Waals surface area (Å²) in [6.07, 6.45) is 5.97. The van der Waals surface area contributed by atoms with Crippen molar-refractivity contribution in [2.45, 2.75) is 45.1 Å². The van der Waals surface area contributed by atoms with Gasteiger partial charge in [0.05, 0.1) is 13.2 Å². The third-order valence-corrected chi connectivity index (χ3v) is 3.93. The van der Waals surface area contributed by atoms with E-state index in [0.717, 1.165) is 42.9 Å². The van der Waals surface area contributed by atoms with E-state index < -0.39 is 0 Å². The SMILES string of the molecule is COc1cc(NC(=O)NCCCC[C@H]2CCCO2)ccc1C. The monoisotopic (exact) mass is 306 g/mol. The molecule has 0 spiro atoms. The second-order valence-electron chi connectivity index (χ2n) is 5.70. The molecule has 5 heteroatoms. The highest BCUT2D eigenvalue weighted by atomic mass is 16.5. The molecular weight excluding hydrogens is 280 g/mol. The fourth-order valence-corrected chi connectivity index (χ4v) is 2.64. The zero-order valence-electron chi connectivity index (χ0n) is 13.5. The lowest BCUT2D eigenvalue weighted by Gasteiger charge is -2.11. The number of carbonyl (C=O) groups excluding carboxylic acids is 1. The molecule has 1 saturated heterocycles. The second kappa shape index (κ2) is 8.63. The molecule has 1 heterocycles. The molecular formula is C17H26N2O3. The molecule has 0 saturated carbocycles. The zero-order valence-corrected chi connectivity index (χ0v) is 13.5. The molecule has 1 fully saturated rings. The highest BCUT2D eigenvalue weighted by Gasteiger charge is 2.14. The minimum atomic E-state index is -0.178. The maximum Gasteiger partial charge on any atom is 0.319 e. The van der Waals surface area contributed by atoms with Gasteiger partial charge in [-0.05, 0) is 50.7 Å². The van der Waals surface area contributed by atoms with Gasteiger partial charge in [-0.1, -0.05) is 6.07 Å². The van der Waals surface area contributed by atoms with Crippen LogP contribution in [0.4, 0.5) is 10.5 Å². The molecule has 0 bridgehead atoms. The van der Waals surface area contributed by atoms with Crippen LogP contribution >= 0.6 is 0 Å². The number of aryl methyl sites for hydroxylation is 1. The third kappa shape index (κ3) is 5.22. The van der Waals surface area contributed by atoms with E-state index in [1.165, 1.54) is 12.8 Å². The first-order valence-corrected chi connectivity index (χ1v) is 8.00. The van der Waals surface area contributed by atoms with Crippen LogP contribution in [-0.4, -0.2) is 32.4 Å². The van der Waals surface area contributed by atoms with Gasteiger partial charge >= 0.3 is 6.03 Å². The average molecular weight is 306 g/mol. The first-order chi connectivity index (χ1) is 10.7. The number of carbonyl (C=O) groups is 1. The van der Waals surface area contributed by atoms with Crippen molar-refractivity contribution in [3.63, 3.8) is 0 Å². The topological polar surface area (TPSA) is 59.6 Å². The molecule has 1 aliphatic rings. The summed E-state index contributed by atoms with van der Waals surface area (Å²) in [7, 11) is 1.63. The summed E-state index contributed by atoms with van der Waals surface area (Å²) in [5, 5.41) is 5.70. The Hall–Kier alpha value is -1.75. The number of unbranched alkanes of at least 4 members (excludes halogenated alkanes) is 1. The van der Waals surface area contributed by atoms with E-state index in [1.807, 2.05) is 25.1 Å². The zero-order chi connectivity index (χ0) is 15.8. The molecule has 2 rings (SSSR count). The van der Waals surface area contributed by atoms with Gasteiger partial charge in [-0.3, -0.25) is 0 Å². The maximum absolute atomic E-state index is 11.8. The minimum Gasteiger partial charge on any atom is -0.496 e. The molecule has 0 unspecified atom stereocenters. The number of anilines is 1. The lowest BCUT2D eigenvalue weighted by Crippen LogP contribution is -2.29. The Labute approximate surface area is 132 Å². The summed E-state index contributed by atoms with van der Waals surface area (Å²) in [6.45, 7) is 3.56. The molecule has 0 aromatic heterocycles. The second-order valence-corrected chi connectivity index (χ2v) is 5.70. The van der Waals surface area contributed by atoms with E-state index in [4.69, 9.17) is 9.47 Å². The van der Waals surface area contributed by atoms with Crippen molar-refractivity contribution >= 4 is 11.7 Å². The molecule has 22 heavy (non-hydrogen) atoms. The lowest BCUT2D eigenvalue weighted by molar-refractivity contribution is 0.102. The van der Waals surface area contributed by atoms with Gasteiger partial charge in [-0.2, -0.15) is 0 Å². The van der Waals surface area contributed by atoms with Crippen molar-refractivity contribution in [3.8, 4) is 5.75 Å². The smallest absolute Gasteiger partial charge is 0.319 e. The third-order valence-electron chi connectivity index (χ3n) is 3.93. The molecule has 1 atom stereocenters. The number of nitrogens with one attached hydrogen (secondary N) is 2. The molecule has 2 amide bonds. The van der Waals surface area contributed by atoms with Crippen molar-refractivity contribution in [1.29, 1.82) is 0 Å². The molecule has 2 N–H and O–H groups in total. The van der Waals surface area contributed by atoms with E-state index in [1.54, 1.807) is 7.11 Å². The van der Waals surface area contributed by atoms with Gasteiger partial charge in [0.1, 0.15) is 5.75 Å². The molecule has 5 nitrogen and oxygen atoms in total.